The molecule has 0 unspecified atom stereocenters. The molecule has 0 radical (unpaired) electrons. The molecule has 0 bridgehead atoms. The van der Waals surface area contributed by atoms with Crippen LogP contribution in [0.5, 0.6) is 0 Å². The maximum absolute atomic E-state index is 11.1. The van der Waals surface area contributed by atoms with Gasteiger partial charge in [0.25, 0.3) is 0 Å². The van der Waals surface area contributed by atoms with Crippen LogP contribution in [-0.4, -0.2) is 4.98 Å². The van der Waals surface area contributed by atoms with E-state index in [2.05, 4.69) is 18.8 Å². The van der Waals surface area contributed by atoms with Gasteiger partial charge in [0, 0.05) is 23.5 Å². The van der Waals surface area contributed by atoms with Crippen molar-refractivity contribution in [3.63, 3.8) is 0 Å². The Bertz CT molecular complexity index is 312. The van der Waals surface area contributed by atoms with Crippen LogP contribution in [0.4, 0.5) is 0 Å². The van der Waals surface area contributed by atoms with Crippen LogP contribution < -0.4 is 5.43 Å². The van der Waals surface area contributed by atoms with E-state index in [0.717, 1.165) is 17.8 Å². The van der Waals surface area contributed by atoms with Crippen LogP contribution in [0.2, 0.25) is 0 Å². The van der Waals surface area contributed by atoms with Crippen molar-refractivity contribution >= 4 is 0 Å². The molecule has 0 saturated heterocycles. The van der Waals surface area contributed by atoms with Crippen molar-refractivity contribution in [2.24, 2.45) is 5.92 Å². The Hall–Kier alpha value is -1.05. The average molecular weight is 165 g/mol. The van der Waals surface area contributed by atoms with Gasteiger partial charge in [0.2, 0.25) is 0 Å². The number of aromatic amines is 1. The molecule has 2 heteroatoms. The molecule has 0 aliphatic carbocycles. The Kier molecular flexibility index (Phi) is 2.69. The number of aryl methyl sites for hydroxylation is 1. The minimum absolute atomic E-state index is 0.0990. The lowest BCUT2D eigenvalue weighted by atomic mass is 10.1. The summed E-state index contributed by atoms with van der Waals surface area (Å²) in [6.07, 6.45) is 0.941. The third-order valence-electron chi connectivity index (χ3n) is 1.66. The summed E-state index contributed by atoms with van der Waals surface area (Å²) >= 11 is 0. The van der Waals surface area contributed by atoms with Crippen molar-refractivity contribution in [3.05, 3.63) is 33.7 Å². The first-order valence-corrected chi connectivity index (χ1v) is 4.28. The normalized spacial score (nSPS) is 10.7. The topological polar surface area (TPSA) is 32.9 Å². The van der Waals surface area contributed by atoms with Gasteiger partial charge in [-0.15, -0.1) is 0 Å². The molecule has 0 aliphatic rings. The minimum atomic E-state index is 0.0990. The second-order valence-electron chi connectivity index (χ2n) is 3.62. The van der Waals surface area contributed by atoms with E-state index in [1.54, 1.807) is 12.1 Å². The zero-order chi connectivity index (χ0) is 9.14. The molecular formula is C10H15NO. The molecule has 0 spiro atoms. The minimum Gasteiger partial charge on any atom is -0.362 e. The number of aromatic nitrogens is 1. The van der Waals surface area contributed by atoms with Crippen LogP contribution in [0.3, 0.4) is 0 Å². The summed E-state index contributed by atoms with van der Waals surface area (Å²) in [6, 6.07) is 3.29. The fourth-order valence-corrected chi connectivity index (χ4v) is 1.30. The van der Waals surface area contributed by atoms with Gasteiger partial charge < -0.3 is 4.98 Å². The molecule has 0 fully saturated rings. The molecule has 0 aliphatic heterocycles. The molecule has 1 N–H and O–H groups in total. The maximum atomic E-state index is 11.1. The van der Waals surface area contributed by atoms with Gasteiger partial charge in [0.1, 0.15) is 0 Å². The van der Waals surface area contributed by atoms with E-state index >= 15 is 0 Å². The zero-order valence-electron chi connectivity index (χ0n) is 7.85. The number of H-pyrrole nitrogens is 1. The van der Waals surface area contributed by atoms with Crippen molar-refractivity contribution < 1.29 is 0 Å². The van der Waals surface area contributed by atoms with Gasteiger partial charge in [-0.25, -0.2) is 0 Å². The van der Waals surface area contributed by atoms with Gasteiger partial charge in [-0.3, -0.25) is 4.79 Å². The van der Waals surface area contributed by atoms with Crippen LogP contribution in [0.25, 0.3) is 0 Å². The standard InChI is InChI=1S/C10H15NO/c1-7(2)4-9-6-10(12)5-8(3)11-9/h5-7H,4H2,1-3H3,(H,11,12). The summed E-state index contributed by atoms with van der Waals surface area (Å²) in [7, 11) is 0. The van der Waals surface area contributed by atoms with E-state index in [1.807, 2.05) is 6.92 Å². The highest BCUT2D eigenvalue weighted by atomic mass is 16.1. The van der Waals surface area contributed by atoms with E-state index < -0.39 is 0 Å². The highest BCUT2D eigenvalue weighted by Gasteiger charge is 1.99. The molecule has 0 atom stereocenters. The summed E-state index contributed by atoms with van der Waals surface area (Å²) < 4.78 is 0. The van der Waals surface area contributed by atoms with Gasteiger partial charge in [-0.2, -0.15) is 0 Å². The maximum Gasteiger partial charge on any atom is 0.182 e. The van der Waals surface area contributed by atoms with E-state index in [-0.39, 0.29) is 5.43 Å². The molecule has 0 aromatic carbocycles. The monoisotopic (exact) mass is 165 g/mol. The molecule has 1 aromatic rings. The van der Waals surface area contributed by atoms with Crippen molar-refractivity contribution in [1.29, 1.82) is 0 Å². The highest BCUT2D eigenvalue weighted by Crippen LogP contribution is 2.03. The van der Waals surface area contributed by atoms with Crippen LogP contribution in [0.1, 0.15) is 25.2 Å². The number of hydrogen-bond acceptors (Lipinski definition) is 1. The Labute approximate surface area is 72.6 Å². The van der Waals surface area contributed by atoms with Gasteiger partial charge in [0.15, 0.2) is 5.43 Å². The lowest BCUT2D eigenvalue weighted by Gasteiger charge is -2.05. The Morgan fingerprint density at radius 3 is 2.58 bits per heavy atom. The number of rotatable bonds is 2. The summed E-state index contributed by atoms with van der Waals surface area (Å²) in [4.78, 5) is 14.3. The van der Waals surface area contributed by atoms with Gasteiger partial charge >= 0.3 is 0 Å². The van der Waals surface area contributed by atoms with Gasteiger partial charge in [-0.05, 0) is 19.3 Å². The van der Waals surface area contributed by atoms with Crippen molar-refractivity contribution in [2.75, 3.05) is 0 Å². The fraction of sp³-hybridized carbons (Fsp3) is 0.500. The summed E-state index contributed by atoms with van der Waals surface area (Å²) in [5.41, 5.74) is 2.08. The fourth-order valence-electron chi connectivity index (χ4n) is 1.30. The first kappa shape index (κ1) is 9.04. The van der Waals surface area contributed by atoms with E-state index in [9.17, 15) is 4.79 Å². The quantitative estimate of drug-likeness (QED) is 0.713. The van der Waals surface area contributed by atoms with Crippen LogP contribution in [0, 0.1) is 12.8 Å². The molecule has 1 aromatic heterocycles. The van der Waals surface area contributed by atoms with Crippen molar-refractivity contribution in [2.45, 2.75) is 27.2 Å². The van der Waals surface area contributed by atoms with Crippen LogP contribution in [0.15, 0.2) is 16.9 Å². The lowest BCUT2D eigenvalue weighted by molar-refractivity contribution is 0.633. The number of hydrogen-bond donors (Lipinski definition) is 1. The predicted molar refractivity (Wildman–Crippen MR) is 50.3 cm³/mol. The third-order valence-corrected chi connectivity index (χ3v) is 1.66. The highest BCUT2D eigenvalue weighted by molar-refractivity contribution is 5.10. The molecule has 12 heavy (non-hydrogen) atoms. The Morgan fingerprint density at radius 2 is 2.08 bits per heavy atom. The van der Waals surface area contributed by atoms with Gasteiger partial charge in [0.05, 0.1) is 0 Å². The zero-order valence-corrected chi connectivity index (χ0v) is 7.85. The van der Waals surface area contributed by atoms with E-state index in [1.165, 1.54) is 0 Å². The largest absolute Gasteiger partial charge is 0.362 e. The molecular weight excluding hydrogens is 150 g/mol. The lowest BCUT2D eigenvalue weighted by Crippen LogP contribution is -2.06. The summed E-state index contributed by atoms with van der Waals surface area (Å²) in [6.45, 7) is 6.19. The molecule has 0 amide bonds. The first-order chi connectivity index (χ1) is 5.58. The summed E-state index contributed by atoms with van der Waals surface area (Å²) in [5.74, 6) is 0.586. The Balaban J connectivity index is 2.93. The SMILES string of the molecule is Cc1cc(=O)cc(CC(C)C)[nH]1. The molecule has 2 nitrogen and oxygen atoms in total. The van der Waals surface area contributed by atoms with Gasteiger partial charge in [-0.1, -0.05) is 13.8 Å². The molecule has 0 saturated carbocycles. The number of nitrogens with one attached hydrogen (secondary N) is 1. The molecule has 1 rings (SSSR count). The second-order valence-corrected chi connectivity index (χ2v) is 3.62. The van der Waals surface area contributed by atoms with E-state index in [4.69, 9.17) is 0 Å². The molecule has 66 valence electrons. The third kappa shape index (κ3) is 2.53. The molecule has 1 heterocycles. The van der Waals surface area contributed by atoms with E-state index in [0.29, 0.717) is 5.92 Å². The second kappa shape index (κ2) is 3.57. The smallest absolute Gasteiger partial charge is 0.182 e. The van der Waals surface area contributed by atoms with Crippen LogP contribution >= 0.6 is 0 Å². The Morgan fingerprint density at radius 1 is 1.42 bits per heavy atom. The van der Waals surface area contributed by atoms with Crippen molar-refractivity contribution in [3.8, 4) is 0 Å². The first-order valence-electron chi connectivity index (χ1n) is 4.28. The average Bonchev–Trinajstić information content (AvgIpc) is 1.81. The van der Waals surface area contributed by atoms with Crippen LogP contribution in [-0.2, 0) is 6.42 Å². The predicted octanol–water partition coefficient (Wildman–Crippen LogP) is 1.88. The summed E-state index contributed by atoms with van der Waals surface area (Å²) in [5, 5.41) is 0. The van der Waals surface area contributed by atoms with Crippen molar-refractivity contribution in [1.82, 2.24) is 4.98 Å². The number of pyridine rings is 1.